The number of piperidine rings is 1. The molecule has 2 fully saturated rings. The van der Waals surface area contributed by atoms with E-state index >= 15 is 0 Å². The molecule has 0 spiro atoms. The average molecular weight is 435 g/mol. The molecular formula is C26H30N2O4. The zero-order valence-corrected chi connectivity index (χ0v) is 18.9. The number of hydrogen-bond donors (Lipinski definition) is 1. The Morgan fingerprint density at radius 3 is 2.41 bits per heavy atom. The molecule has 2 aliphatic rings. The molecule has 2 saturated heterocycles. The highest BCUT2D eigenvalue weighted by atomic mass is 16.6. The number of nitriles is 1. The molecule has 2 aromatic carbocycles. The molecule has 1 N–H and O–H groups in total. The van der Waals surface area contributed by atoms with E-state index in [1.165, 1.54) is 0 Å². The summed E-state index contributed by atoms with van der Waals surface area (Å²) in [6.07, 6.45) is 2.26. The normalized spacial score (nSPS) is 24.7. The highest BCUT2D eigenvalue weighted by Crippen LogP contribution is 2.47. The van der Waals surface area contributed by atoms with Gasteiger partial charge >= 0.3 is 6.09 Å². The SMILES string of the molecule is CC(C)(C)OC(=O)N1C2CCC1CC(O)(c1ccc(C#N)c(OCc3ccccc3)c1)C2. The number of benzene rings is 2. The van der Waals surface area contributed by atoms with Crippen LogP contribution in [0.5, 0.6) is 5.75 Å². The minimum atomic E-state index is -1.08. The van der Waals surface area contributed by atoms with Gasteiger partial charge in [-0.15, -0.1) is 0 Å². The Hall–Kier alpha value is -3.04. The van der Waals surface area contributed by atoms with Crippen molar-refractivity contribution in [2.75, 3.05) is 0 Å². The van der Waals surface area contributed by atoms with Gasteiger partial charge in [0.05, 0.1) is 11.2 Å². The highest BCUT2D eigenvalue weighted by molar-refractivity contribution is 5.70. The summed E-state index contributed by atoms with van der Waals surface area (Å²) in [5, 5.41) is 21.1. The first-order valence-corrected chi connectivity index (χ1v) is 11.1. The summed E-state index contributed by atoms with van der Waals surface area (Å²) in [5.74, 6) is 0.462. The predicted octanol–water partition coefficient (Wildman–Crippen LogP) is 4.89. The predicted molar refractivity (Wildman–Crippen MR) is 120 cm³/mol. The van der Waals surface area contributed by atoms with Gasteiger partial charge in [0.1, 0.15) is 24.0 Å². The molecule has 6 heteroatoms. The van der Waals surface area contributed by atoms with Crippen molar-refractivity contribution in [2.24, 2.45) is 0 Å². The van der Waals surface area contributed by atoms with E-state index in [0.29, 0.717) is 30.8 Å². The summed E-state index contributed by atoms with van der Waals surface area (Å²) in [6, 6.07) is 17.1. The van der Waals surface area contributed by atoms with E-state index in [9.17, 15) is 15.2 Å². The molecule has 0 saturated carbocycles. The number of rotatable bonds is 4. The van der Waals surface area contributed by atoms with E-state index in [-0.39, 0.29) is 18.2 Å². The topological polar surface area (TPSA) is 82.8 Å². The maximum Gasteiger partial charge on any atom is 0.410 e. The molecule has 2 bridgehead atoms. The average Bonchev–Trinajstić information content (AvgIpc) is 3.03. The van der Waals surface area contributed by atoms with Gasteiger partial charge < -0.3 is 19.5 Å². The Balaban J connectivity index is 1.54. The van der Waals surface area contributed by atoms with Gasteiger partial charge in [0.25, 0.3) is 0 Å². The molecule has 4 rings (SSSR count). The van der Waals surface area contributed by atoms with Crippen LogP contribution in [0.3, 0.4) is 0 Å². The fraction of sp³-hybridized carbons (Fsp3) is 0.462. The maximum absolute atomic E-state index is 12.7. The third kappa shape index (κ3) is 4.58. The van der Waals surface area contributed by atoms with E-state index in [2.05, 4.69) is 6.07 Å². The van der Waals surface area contributed by atoms with Crippen LogP contribution in [0.4, 0.5) is 4.79 Å². The van der Waals surface area contributed by atoms with E-state index in [1.807, 2.05) is 56.0 Å². The molecule has 0 aliphatic carbocycles. The van der Waals surface area contributed by atoms with Crippen LogP contribution in [-0.2, 0) is 16.9 Å². The molecule has 32 heavy (non-hydrogen) atoms. The van der Waals surface area contributed by atoms with Crippen molar-refractivity contribution in [1.29, 1.82) is 5.26 Å². The Morgan fingerprint density at radius 2 is 1.81 bits per heavy atom. The molecule has 2 aliphatic heterocycles. The smallest absolute Gasteiger partial charge is 0.410 e. The van der Waals surface area contributed by atoms with Gasteiger partial charge in [-0.2, -0.15) is 5.26 Å². The minimum Gasteiger partial charge on any atom is -0.488 e. The fourth-order valence-corrected chi connectivity index (χ4v) is 4.83. The number of amides is 1. The number of ether oxygens (including phenoxy) is 2. The number of carbonyl (C=O) groups excluding carboxylic acids is 1. The van der Waals surface area contributed by atoms with Crippen molar-refractivity contribution in [3.8, 4) is 11.8 Å². The number of hydrogen-bond acceptors (Lipinski definition) is 5. The van der Waals surface area contributed by atoms with Gasteiger partial charge in [-0.1, -0.05) is 36.4 Å². The number of aliphatic hydroxyl groups is 1. The monoisotopic (exact) mass is 434 g/mol. The van der Waals surface area contributed by atoms with E-state index in [0.717, 1.165) is 24.0 Å². The summed E-state index contributed by atoms with van der Waals surface area (Å²) >= 11 is 0. The number of carbonyl (C=O) groups is 1. The number of fused-ring (bicyclic) bond motifs is 2. The third-order valence-electron chi connectivity index (χ3n) is 6.25. The second kappa shape index (κ2) is 8.48. The van der Waals surface area contributed by atoms with Crippen molar-refractivity contribution in [1.82, 2.24) is 4.90 Å². The fourth-order valence-electron chi connectivity index (χ4n) is 4.83. The molecular weight excluding hydrogens is 404 g/mol. The van der Waals surface area contributed by atoms with Gasteiger partial charge in [0.2, 0.25) is 0 Å². The second-order valence-corrected chi connectivity index (χ2v) is 9.81. The van der Waals surface area contributed by atoms with Crippen LogP contribution in [0.25, 0.3) is 0 Å². The summed E-state index contributed by atoms with van der Waals surface area (Å²) in [4.78, 5) is 14.6. The van der Waals surface area contributed by atoms with Gasteiger partial charge in [-0.3, -0.25) is 0 Å². The van der Waals surface area contributed by atoms with Gasteiger partial charge in [-0.05, 0) is 56.9 Å². The van der Waals surface area contributed by atoms with Crippen LogP contribution in [0.1, 0.15) is 63.1 Å². The lowest BCUT2D eigenvalue weighted by Gasteiger charge is -2.44. The zero-order valence-electron chi connectivity index (χ0n) is 18.9. The zero-order chi connectivity index (χ0) is 22.9. The van der Waals surface area contributed by atoms with Crippen molar-refractivity contribution < 1.29 is 19.4 Å². The van der Waals surface area contributed by atoms with Gasteiger partial charge in [0.15, 0.2) is 0 Å². The minimum absolute atomic E-state index is 0.0714. The van der Waals surface area contributed by atoms with Crippen LogP contribution in [0.15, 0.2) is 48.5 Å². The maximum atomic E-state index is 12.7. The van der Waals surface area contributed by atoms with Crippen LogP contribution < -0.4 is 4.74 Å². The lowest BCUT2D eigenvalue weighted by atomic mass is 9.80. The molecule has 168 valence electrons. The number of nitrogens with zero attached hydrogens (tertiary/aromatic N) is 2. The van der Waals surface area contributed by atoms with Crippen LogP contribution >= 0.6 is 0 Å². The van der Waals surface area contributed by atoms with Crippen LogP contribution in [-0.4, -0.2) is 33.8 Å². The summed E-state index contributed by atoms with van der Waals surface area (Å²) in [5.41, 5.74) is 0.526. The summed E-state index contributed by atoms with van der Waals surface area (Å²) < 4.78 is 11.6. The van der Waals surface area contributed by atoms with Gasteiger partial charge in [-0.25, -0.2) is 4.79 Å². The Kier molecular flexibility index (Phi) is 5.87. The van der Waals surface area contributed by atoms with Crippen molar-refractivity contribution in [3.05, 3.63) is 65.2 Å². The Morgan fingerprint density at radius 1 is 1.16 bits per heavy atom. The Labute approximate surface area is 189 Å². The van der Waals surface area contributed by atoms with E-state index in [1.54, 1.807) is 18.2 Å². The molecule has 2 heterocycles. The van der Waals surface area contributed by atoms with Crippen molar-refractivity contribution in [2.45, 2.75) is 76.3 Å². The van der Waals surface area contributed by atoms with E-state index < -0.39 is 11.2 Å². The lowest BCUT2D eigenvalue weighted by molar-refractivity contribution is -0.0625. The molecule has 0 radical (unpaired) electrons. The highest BCUT2D eigenvalue weighted by Gasteiger charge is 2.51. The molecule has 2 atom stereocenters. The Bertz CT molecular complexity index is 1010. The first-order chi connectivity index (χ1) is 15.2. The summed E-state index contributed by atoms with van der Waals surface area (Å²) in [7, 11) is 0. The first kappa shape index (κ1) is 22.2. The molecule has 2 aromatic rings. The van der Waals surface area contributed by atoms with Crippen LogP contribution in [0, 0.1) is 11.3 Å². The standard InChI is InChI=1S/C26H30N2O4/c1-25(2,3)32-24(29)28-21-11-12-22(28)15-26(30,14-21)20-10-9-19(16-27)23(13-20)31-17-18-7-5-4-6-8-18/h4-10,13,21-22,30H,11-12,14-15,17H2,1-3H3. The molecule has 1 amide bonds. The van der Waals surface area contributed by atoms with Crippen LogP contribution in [0.2, 0.25) is 0 Å². The third-order valence-corrected chi connectivity index (χ3v) is 6.25. The molecule has 0 aromatic heterocycles. The van der Waals surface area contributed by atoms with E-state index in [4.69, 9.17) is 9.47 Å². The first-order valence-electron chi connectivity index (χ1n) is 11.1. The summed E-state index contributed by atoms with van der Waals surface area (Å²) in [6.45, 7) is 5.93. The lowest BCUT2D eigenvalue weighted by Crippen LogP contribution is -2.53. The molecule has 2 unspecified atom stereocenters. The van der Waals surface area contributed by atoms with Crippen molar-refractivity contribution in [3.63, 3.8) is 0 Å². The van der Waals surface area contributed by atoms with Gasteiger partial charge in [0, 0.05) is 24.9 Å². The quantitative estimate of drug-likeness (QED) is 0.741. The largest absolute Gasteiger partial charge is 0.488 e. The van der Waals surface area contributed by atoms with Crippen molar-refractivity contribution >= 4 is 6.09 Å². The second-order valence-electron chi connectivity index (χ2n) is 9.81. The molecule has 6 nitrogen and oxygen atoms in total.